The first-order chi connectivity index (χ1) is 9.15. The van der Waals surface area contributed by atoms with Crippen LogP contribution in [0.25, 0.3) is 0 Å². The van der Waals surface area contributed by atoms with Gasteiger partial charge in [0, 0.05) is 24.3 Å². The summed E-state index contributed by atoms with van der Waals surface area (Å²) in [6.45, 7) is 4.84. The second-order valence-electron chi connectivity index (χ2n) is 4.56. The van der Waals surface area contributed by atoms with Crippen LogP contribution in [-0.2, 0) is 6.54 Å². The predicted molar refractivity (Wildman–Crippen MR) is 72.7 cm³/mol. The van der Waals surface area contributed by atoms with E-state index in [1.54, 1.807) is 18.3 Å². The highest BCUT2D eigenvalue weighted by molar-refractivity contribution is 5.32. The number of hydrogen-bond donors (Lipinski definition) is 1. The van der Waals surface area contributed by atoms with E-state index in [-0.39, 0.29) is 5.82 Å². The van der Waals surface area contributed by atoms with E-state index in [1.807, 2.05) is 12.1 Å². The van der Waals surface area contributed by atoms with Gasteiger partial charge in [0.15, 0.2) is 0 Å². The third-order valence-corrected chi connectivity index (χ3v) is 2.58. The first-order valence-electron chi connectivity index (χ1n) is 6.26. The quantitative estimate of drug-likeness (QED) is 0.893. The molecular weight excluding hydrogens is 243 g/mol. The van der Waals surface area contributed by atoms with E-state index in [9.17, 15) is 4.39 Å². The fraction of sp³-hybridized carbons (Fsp3) is 0.267. The number of halogens is 1. The largest absolute Gasteiger partial charge is 0.439 e. The van der Waals surface area contributed by atoms with Crippen molar-refractivity contribution in [2.45, 2.75) is 26.4 Å². The van der Waals surface area contributed by atoms with Crippen LogP contribution in [0.2, 0.25) is 0 Å². The van der Waals surface area contributed by atoms with Crippen molar-refractivity contribution in [2.24, 2.45) is 0 Å². The van der Waals surface area contributed by atoms with Crippen LogP contribution in [0.4, 0.5) is 4.39 Å². The molecule has 1 N–H and O–H groups in total. The van der Waals surface area contributed by atoms with E-state index < -0.39 is 0 Å². The van der Waals surface area contributed by atoms with Gasteiger partial charge >= 0.3 is 0 Å². The van der Waals surface area contributed by atoms with Crippen molar-refractivity contribution in [3.05, 3.63) is 54.0 Å². The number of ether oxygens (including phenoxy) is 1. The lowest BCUT2D eigenvalue weighted by molar-refractivity contribution is 0.449. The molecule has 0 amide bonds. The molecule has 100 valence electrons. The number of benzene rings is 1. The van der Waals surface area contributed by atoms with Gasteiger partial charge in [0.25, 0.3) is 0 Å². The van der Waals surface area contributed by atoms with Crippen molar-refractivity contribution in [1.82, 2.24) is 10.3 Å². The van der Waals surface area contributed by atoms with Crippen molar-refractivity contribution in [3.8, 4) is 11.6 Å². The van der Waals surface area contributed by atoms with E-state index in [1.165, 1.54) is 12.1 Å². The van der Waals surface area contributed by atoms with Gasteiger partial charge in [-0.1, -0.05) is 19.9 Å². The molecular formula is C15H17FN2O. The maximum absolute atomic E-state index is 12.8. The molecule has 1 heterocycles. The summed E-state index contributed by atoms with van der Waals surface area (Å²) in [5, 5.41) is 3.32. The number of nitrogens with one attached hydrogen (secondary N) is 1. The Morgan fingerprint density at radius 2 is 1.95 bits per heavy atom. The average molecular weight is 260 g/mol. The van der Waals surface area contributed by atoms with E-state index >= 15 is 0 Å². The summed E-state index contributed by atoms with van der Waals surface area (Å²) < 4.78 is 18.5. The Morgan fingerprint density at radius 3 is 2.63 bits per heavy atom. The molecule has 1 aromatic carbocycles. The highest BCUT2D eigenvalue weighted by atomic mass is 19.1. The lowest BCUT2D eigenvalue weighted by Crippen LogP contribution is -2.22. The molecule has 0 spiro atoms. The summed E-state index contributed by atoms with van der Waals surface area (Å²) in [5.74, 6) is 0.836. The van der Waals surface area contributed by atoms with Gasteiger partial charge in [0.1, 0.15) is 11.6 Å². The summed E-state index contributed by atoms with van der Waals surface area (Å²) >= 11 is 0. The minimum atomic E-state index is -0.282. The van der Waals surface area contributed by atoms with Gasteiger partial charge in [0.2, 0.25) is 5.88 Å². The van der Waals surface area contributed by atoms with E-state index in [4.69, 9.17) is 4.74 Å². The van der Waals surface area contributed by atoms with Crippen LogP contribution >= 0.6 is 0 Å². The van der Waals surface area contributed by atoms with Crippen molar-refractivity contribution < 1.29 is 9.13 Å². The monoisotopic (exact) mass is 260 g/mol. The average Bonchev–Trinajstić information content (AvgIpc) is 2.40. The Morgan fingerprint density at radius 1 is 1.21 bits per heavy atom. The minimum Gasteiger partial charge on any atom is -0.439 e. The van der Waals surface area contributed by atoms with Gasteiger partial charge in [-0.05, 0) is 30.3 Å². The van der Waals surface area contributed by atoms with Crippen LogP contribution in [0.5, 0.6) is 11.6 Å². The maximum atomic E-state index is 12.8. The molecule has 0 aliphatic carbocycles. The lowest BCUT2D eigenvalue weighted by Gasteiger charge is -2.12. The first-order valence-corrected chi connectivity index (χ1v) is 6.26. The van der Waals surface area contributed by atoms with Crippen molar-refractivity contribution >= 4 is 0 Å². The zero-order valence-electron chi connectivity index (χ0n) is 11.1. The standard InChI is InChI=1S/C15H17FN2O/c1-11(2)18-10-12-4-3-9-17-15(12)19-14-7-5-13(16)6-8-14/h3-9,11,18H,10H2,1-2H3. The van der Waals surface area contributed by atoms with E-state index in [0.717, 1.165) is 5.56 Å². The number of pyridine rings is 1. The SMILES string of the molecule is CC(C)NCc1cccnc1Oc1ccc(F)cc1. The van der Waals surface area contributed by atoms with Gasteiger partial charge in [-0.15, -0.1) is 0 Å². The van der Waals surface area contributed by atoms with Gasteiger partial charge in [-0.25, -0.2) is 9.37 Å². The zero-order chi connectivity index (χ0) is 13.7. The normalized spacial score (nSPS) is 10.7. The Kier molecular flexibility index (Phi) is 4.47. The fourth-order valence-corrected chi connectivity index (χ4v) is 1.58. The molecule has 0 radical (unpaired) electrons. The molecule has 0 aliphatic heterocycles. The van der Waals surface area contributed by atoms with Crippen LogP contribution < -0.4 is 10.1 Å². The van der Waals surface area contributed by atoms with Crippen LogP contribution in [0.3, 0.4) is 0 Å². The number of rotatable bonds is 5. The molecule has 0 bridgehead atoms. The van der Waals surface area contributed by atoms with Gasteiger partial charge in [-0.3, -0.25) is 0 Å². The minimum absolute atomic E-state index is 0.282. The summed E-state index contributed by atoms with van der Waals surface area (Å²) in [6, 6.07) is 10.1. The van der Waals surface area contributed by atoms with E-state index in [2.05, 4.69) is 24.1 Å². The Balaban J connectivity index is 2.13. The zero-order valence-corrected chi connectivity index (χ0v) is 11.1. The topological polar surface area (TPSA) is 34.2 Å². The van der Waals surface area contributed by atoms with Crippen molar-refractivity contribution in [2.75, 3.05) is 0 Å². The molecule has 0 saturated carbocycles. The molecule has 2 rings (SSSR count). The molecule has 19 heavy (non-hydrogen) atoms. The van der Waals surface area contributed by atoms with Gasteiger partial charge in [-0.2, -0.15) is 0 Å². The molecule has 2 aromatic rings. The third kappa shape index (κ3) is 4.03. The lowest BCUT2D eigenvalue weighted by atomic mass is 10.2. The van der Waals surface area contributed by atoms with Gasteiger partial charge < -0.3 is 10.1 Å². The summed E-state index contributed by atoms with van der Waals surface area (Å²) in [6.07, 6.45) is 1.68. The highest BCUT2D eigenvalue weighted by Crippen LogP contribution is 2.22. The molecule has 0 aliphatic rings. The molecule has 0 fully saturated rings. The number of aromatic nitrogens is 1. The molecule has 1 aromatic heterocycles. The predicted octanol–water partition coefficient (Wildman–Crippen LogP) is 3.51. The van der Waals surface area contributed by atoms with E-state index in [0.29, 0.717) is 24.2 Å². The fourth-order valence-electron chi connectivity index (χ4n) is 1.58. The number of nitrogens with zero attached hydrogens (tertiary/aromatic N) is 1. The molecule has 3 nitrogen and oxygen atoms in total. The molecule has 0 saturated heterocycles. The molecule has 4 heteroatoms. The van der Waals surface area contributed by atoms with Crippen molar-refractivity contribution in [1.29, 1.82) is 0 Å². The Labute approximate surface area is 112 Å². The summed E-state index contributed by atoms with van der Waals surface area (Å²) in [5.41, 5.74) is 0.973. The second kappa shape index (κ2) is 6.29. The first kappa shape index (κ1) is 13.5. The Hall–Kier alpha value is -1.94. The number of hydrogen-bond acceptors (Lipinski definition) is 3. The maximum Gasteiger partial charge on any atom is 0.223 e. The van der Waals surface area contributed by atoms with Crippen LogP contribution in [0, 0.1) is 5.82 Å². The van der Waals surface area contributed by atoms with Crippen molar-refractivity contribution in [3.63, 3.8) is 0 Å². The highest BCUT2D eigenvalue weighted by Gasteiger charge is 2.06. The van der Waals surface area contributed by atoms with Crippen LogP contribution in [-0.4, -0.2) is 11.0 Å². The second-order valence-corrected chi connectivity index (χ2v) is 4.56. The van der Waals surface area contributed by atoms with Crippen LogP contribution in [0.1, 0.15) is 19.4 Å². The summed E-state index contributed by atoms with van der Waals surface area (Å²) in [7, 11) is 0. The van der Waals surface area contributed by atoms with Gasteiger partial charge in [0.05, 0.1) is 0 Å². The van der Waals surface area contributed by atoms with Crippen LogP contribution in [0.15, 0.2) is 42.6 Å². The smallest absolute Gasteiger partial charge is 0.223 e. The Bertz CT molecular complexity index is 526. The molecule has 0 atom stereocenters. The third-order valence-electron chi connectivity index (χ3n) is 2.58. The summed E-state index contributed by atoms with van der Waals surface area (Å²) in [4.78, 5) is 4.22. The molecule has 0 unspecified atom stereocenters.